The Bertz CT molecular complexity index is 503. The number of thioether (sulfide) groups is 2. The maximum Gasteiger partial charge on any atom is 0.308 e. The van der Waals surface area contributed by atoms with E-state index in [-0.39, 0.29) is 11.5 Å². The van der Waals surface area contributed by atoms with Gasteiger partial charge in [0.25, 0.3) is 0 Å². The summed E-state index contributed by atoms with van der Waals surface area (Å²) in [5, 5.41) is 0.546. The molecule has 6 heteroatoms. The quantitative estimate of drug-likeness (QED) is 0.356. The smallest absolute Gasteiger partial charge is 0.308 e. The van der Waals surface area contributed by atoms with E-state index in [1.54, 1.807) is 24.3 Å². The van der Waals surface area contributed by atoms with Gasteiger partial charge in [-0.15, -0.1) is 23.5 Å². The first-order valence-electron chi connectivity index (χ1n) is 5.30. The first-order valence-corrected chi connectivity index (χ1v) is 8.13. The van der Waals surface area contributed by atoms with Crippen LogP contribution in [0.25, 0.3) is 0 Å². The molecule has 0 aliphatic heterocycles. The molecule has 102 valence electrons. The van der Waals surface area contributed by atoms with E-state index in [2.05, 4.69) is 0 Å². The van der Waals surface area contributed by atoms with Crippen LogP contribution in [-0.2, 0) is 9.53 Å². The zero-order chi connectivity index (χ0) is 14.4. The van der Waals surface area contributed by atoms with Crippen LogP contribution in [0.2, 0.25) is 5.02 Å². The lowest BCUT2D eigenvalue weighted by Crippen LogP contribution is -2.11. The number of ketones is 1. The molecule has 1 rings (SSSR count). The monoisotopic (exact) mass is 316 g/mol. The Morgan fingerprint density at radius 2 is 1.63 bits per heavy atom. The van der Waals surface area contributed by atoms with Crippen LogP contribution in [0.5, 0.6) is 0 Å². The van der Waals surface area contributed by atoms with Crippen molar-refractivity contribution in [3.63, 3.8) is 0 Å². The third kappa shape index (κ3) is 4.60. The molecule has 0 N–H and O–H groups in total. The molecule has 1 aromatic rings. The Morgan fingerprint density at radius 1 is 1.11 bits per heavy atom. The molecule has 0 saturated heterocycles. The molecule has 1 aromatic carbocycles. The van der Waals surface area contributed by atoms with E-state index < -0.39 is 5.97 Å². The normalized spacial score (nSPS) is 9.89. The van der Waals surface area contributed by atoms with Crippen LogP contribution < -0.4 is 0 Å². The molecule has 19 heavy (non-hydrogen) atoms. The fourth-order valence-electron chi connectivity index (χ4n) is 1.33. The summed E-state index contributed by atoms with van der Waals surface area (Å²) in [6.07, 6.45) is 3.65. The van der Waals surface area contributed by atoms with Crippen LogP contribution in [0.1, 0.15) is 17.3 Å². The first-order chi connectivity index (χ1) is 8.99. The Morgan fingerprint density at radius 3 is 2.05 bits per heavy atom. The van der Waals surface area contributed by atoms with E-state index in [1.165, 1.54) is 30.4 Å². The van der Waals surface area contributed by atoms with Gasteiger partial charge in [0.05, 0.1) is 4.24 Å². The molecule has 0 aromatic heterocycles. The minimum absolute atomic E-state index is 0.0647. The third-order valence-electron chi connectivity index (χ3n) is 2.11. The lowest BCUT2D eigenvalue weighted by Gasteiger charge is -2.10. The first kappa shape index (κ1) is 16.1. The van der Waals surface area contributed by atoms with E-state index in [0.29, 0.717) is 14.8 Å². The van der Waals surface area contributed by atoms with Crippen molar-refractivity contribution in [1.82, 2.24) is 0 Å². The molecule has 0 aliphatic carbocycles. The van der Waals surface area contributed by atoms with E-state index >= 15 is 0 Å². The van der Waals surface area contributed by atoms with Crippen LogP contribution in [0.3, 0.4) is 0 Å². The summed E-state index contributed by atoms with van der Waals surface area (Å²) in [5.41, 5.74) is 0.432. The van der Waals surface area contributed by atoms with Gasteiger partial charge in [-0.3, -0.25) is 9.59 Å². The van der Waals surface area contributed by atoms with Gasteiger partial charge in [-0.2, -0.15) is 0 Å². The number of carbonyl (C=O) groups excluding carboxylic acids is 2. The number of allylic oxidation sites excluding steroid dienone is 1. The van der Waals surface area contributed by atoms with Gasteiger partial charge < -0.3 is 4.74 Å². The topological polar surface area (TPSA) is 43.4 Å². The Balaban J connectivity index is 3.17. The summed E-state index contributed by atoms with van der Waals surface area (Å²) in [5.74, 6) is -0.779. The van der Waals surface area contributed by atoms with Gasteiger partial charge in [0, 0.05) is 17.5 Å². The highest BCUT2D eigenvalue weighted by atomic mass is 35.5. The summed E-state index contributed by atoms with van der Waals surface area (Å²) in [4.78, 5) is 23.5. The second-order valence-electron chi connectivity index (χ2n) is 3.45. The molecule has 0 unspecified atom stereocenters. The van der Waals surface area contributed by atoms with Crippen LogP contribution in [-0.4, -0.2) is 24.3 Å². The van der Waals surface area contributed by atoms with Gasteiger partial charge >= 0.3 is 5.97 Å². The van der Waals surface area contributed by atoms with Crippen molar-refractivity contribution in [2.75, 3.05) is 12.5 Å². The number of rotatable bonds is 5. The van der Waals surface area contributed by atoms with Gasteiger partial charge in [-0.25, -0.2) is 0 Å². The molecule has 0 heterocycles. The van der Waals surface area contributed by atoms with Crippen molar-refractivity contribution in [2.24, 2.45) is 0 Å². The summed E-state index contributed by atoms with van der Waals surface area (Å²) in [6, 6.07) is 6.45. The minimum atomic E-state index is -0.516. The third-order valence-corrected chi connectivity index (χ3v) is 4.48. The molecule has 0 atom stereocenters. The second-order valence-corrected chi connectivity index (χ2v) is 5.78. The highest BCUT2D eigenvalue weighted by Crippen LogP contribution is 2.30. The molecule has 0 bridgehead atoms. The molecule has 0 amide bonds. The fraction of sp³-hybridized carbons (Fsp3) is 0.231. The zero-order valence-corrected chi connectivity index (χ0v) is 13.1. The molecule has 0 radical (unpaired) electrons. The van der Waals surface area contributed by atoms with Crippen LogP contribution in [0, 0.1) is 0 Å². The Kier molecular flexibility index (Phi) is 6.48. The van der Waals surface area contributed by atoms with Crippen molar-refractivity contribution in [3.05, 3.63) is 44.8 Å². The summed E-state index contributed by atoms with van der Waals surface area (Å²) in [7, 11) is 0. The maximum atomic E-state index is 12.3. The van der Waals surface area contributed by atoms with Gasteiger partial charge in [-0.1, -0.05) is 11.6 Å². The van der Waals surface area contributed by atoms with E-state index in [1.807, 2.05) is 12.5 Å². The van der Waals surface area contributed by atoms with Crippen LogP contribution in [0.15, 0.2) is 34.3 Å². The maximum absolute atomic E-state index is 12.3. The van der Waals surface area contributed by atoms with Crippen LogP contribution in [0.4, 0.5) is 0 Å². The molecule has 0 fully saturated rings. The van der Waals surface area contributed by atoms with Crippen molar-refractivity contribution >= 4 is 46.9 Å². The van der Waals surface area contributed by atoms with Gasteiger partial charge in [0.15, 0.2) is 5.76 Å². The number of hydrogen-bond donors (Lipinski definition) is 0. The number of esters is 1. The Hall–Kier alpha value is -0.910. The highest BCUT2D eigenvalue weighted by Gasteiger charge is 2.20. The SMILES string of the molecule is CSC(SC)=C(OC(C)=O)C(=O)c1ccc(Cl)cc1. The average molecular weight is 317 g/mol. The van der Waals surface area contributed by atoms with E-state index in [9.17, 15) is 9.59 Å². The lowest BCUT2D eigenvalue weighted by atomic mass is 10.1. The Labute approximate surface area is 125 Å². The minimum Gasteiger partial charge on any atom is -0.421 e. The van der Waals surface area contributed by atoms with Crippen LogP contribution >= 0.6 is 35.1 Å². The largest absolute Gasteiger partial charge is 0.421 e. The number of carbonyl (C=O) groups is 2. The van der Waals surface area contributed by atoms with Crippen molar-refractivity contribution in [1.29, 1.82) is 0 Å². The van der Waals surface area contributed by atoms with Crippen molar-refractivity contribution in [3.8, 4) is 0 Å². The molecular weight excluding hydrogens is 304 g/mol. The van der Waals surface area contributed by atoms with Gasteiger partial charge in [0.2, 0.25) is 5.78 Å². The average Bonchev–Trinajstić information content (AvgIpc) is 2.38. The van der Waals surface area contributed by atoms with Gasteiger partial charge in [0.1, 0.15) is 0 Å². The molecular formula is C13H13ClO3S2. The number of Topliss-reactive ketones (excluding diaryl/α,β-unsaturated/α-hetero) is 1. The molecule has 0 aliphatic rings. The summed E-state index contributed by atoms with van der Waals surface area (Å²) < 4.78 is 5.72. The number of ether oxygens (including phenoxy) is 1. The van der Waals surface area contributed by atoms with E-state index in [4.69, 9.17) is 16.3 Å². The zero-order valence-electron chi connectivity index (χ0n) is 10.7. The second kappa shape index (κ2) is 7.62. The summed E-state index contributed by atoms with van der Waals surface area (Å²) >= 11 is 8.51. The molecule has 3 nitrogen and oxygen atoms in total. The highest BCUT2D eigenvalue weighted by molar-refractivity contribution is 8.21. The predicted molar refractivity (Wildman–Crippen MR) is 81.6 cm³/mol. The van der Waals surface area contributed by atoms with E-state index in [0.717, 1.165) is 0 Å². The van der Waals surface area contributed by atoms with Crippen molar-refractivity contribution < 1.29 is 14.3 Å². The van der Waals surface area contributed by atoms with Crippen molar-refractivity contribution in [2.45, 2.75) is 6.92 Å². The fourth-order valence-corrected chi connectivity index (χ4v) is 2.76. The molecule has 0 saturated carbocycles. The summed E-state index contributed by atoms with van der Waals surface area (Å²) in [6.45, 7) is 1.27. The number of benzene rings is 1. The number of halogens is 1. The standard InChI is InChI=1S/C13H13ClO3S2/c1-8(15)17-12(13(18-2)19-3)11(16)9-4-6-10(14)7-5-9/h4-7H,1-3H3. The molecule has 0 spiro atoms. The number of hydrogen-bond acceptors (Lipinski definition) is 5. The van der Waals surface area contributed by atoms with Gasteiger partial charge in [-0.05, 0) is 36.8 Å². The lowest BCUT2D eigenvalue weighted by molar-refractivity contribution is -0.136. The predicted octanol–water partition coefficient (Wildman–Crippen LogP) is 3.98.